The average Bonchev–Trinajstić information content (AvgIpc) is 1.99. The third kappa shape index (κ3) is 5.65. The molecule has 0 amide bonds. The predicted molar refractivity (Wildman–Crippen MR) is 69.0 cm³/mol. The van der Waals surface area contributed by atoms with Gasteiger partial charge in [-0.2, -0.15) is 0 Å². The van der Waals surface area contributed by atoms with Crippen LogP contribution in [0.3, 0.4) is 0 Å². The Morgan fingerprint density at radius 3 is 2.19 bits per heavy atom. The van der Waals surface area contributed by atoms with E-state index in [1.165, 1.54) is 6.92 Å². The molecule has 0 bridgehead atoms. The molecule has 0 fully saturated rings. The number of ether oxygens (including phenoxy) is 1. The molecular weight excluding hydrogens is 220 g/mol. The van der Waals surface area contributed by atoms with E-state index in [9.17, 15) is 4.79 Å². The molecule has 0 rings (SSSR count). The van der Waals surface area contributed by atoms with E-state index in [1.807, 2.05) is 6.92 Å². The van der Waals surface area contributed by atoms with E-state index in [4.69, 9.17) is 9.16 Å². The number of esters is 1. The van der Waals surface area contributed by atoms with Gasteiger partial charge in [0.05, 0.1) is 0 Å². The lowest BCUT2D eigenvalue weighted by molar-refractivity contribution is -0.145. The van der Waals surface area contributed by atoms with Crippen LogP contribution >= 0.6 is 0 Å². The summed E-state index contributed by atoms with van der Waals surface area (Å²) < 4.78 is 11.0. The van der Waals surface area contributed by atoms with E-state index in [2.05, 4.69) is 33.9 Å². The third-order valence-corrected chi connectivity index (χ3v) is 7.70. The van der Waals surface area contributed by atoms with Crippen LogP contribution in [0.15, 0.2) is 0 Å². The summed E-state index contributed by atoms with van der Waals surface area (Å²) in [5, 5.41) is 0.234. The topological polar surface area (TPSA) is 35.5 Å². The van der Waals surface area contributed by atoms with E-state index < -0.39 is 8.32 Å². The van der Waals surface area contributed by atoms with E-state index in [0.717, 1.165) is 6.42 Å². The monoisotopic (exact) mass is 246 g/mol. The highest BCUT2D eigenvalue weighted by Crippen LogP contribution is 2.36. The van der Waals surface area contributed by atoms with Crippen molar-refractivity contribution in [2.45, 2.75) is 65.3 Å². The highest BCUT2D eigenvalue weighted by molar-refractivity contribution is 6.74. The van der Waals surface area contributed by atoms with Crippen LogP contribution in [0.2, 0.25) is 18.1 Å². The first kappa shape index (κ1) is 15.6. The Morgan fingerprint density at radius 2 is 1.81 bits per heavy atom. The molecular formula is C12H26O3Si. The maximum atomic E-state index is 10.7. The largest absolute Gasteiger partial charge is 0.463 e. The Hall–Kier alpha value is -0.353. The van der Waals surface area contributed by atoms with Crippen molar-refractivity contribution in [3.63, 3.8) is 0 Å². The molecule has 0 saturated carbocycles. The molecule has 16 heavy (non-hydrogen) atoms. The van der Waals surface area contributed by atoms with Crippen LogP contribution in [-0.4, -0.2) is 27.0 Å². The minimum absolute atomic E-state index is 0.0535. The molecule has 0 spiro atoms. The van der Waals surface area contributed by atoms with Gasteiger partial charge in [-0.1, -0.05) is 20.8 Å². The number of rotatable bonds is 5. The minimum atomic E-state index is -1.65. The Bertz CT molecular complexity index is 231. The first-order valence-corrected chi connectivity index (χ1v) is 8.78. The van der Waals surface area contributed by atoms with Crippen molar-refractivity contribution in [1.82, 2.24) is 0 Å². The lowest BCUT2D eigenvalue weighted by Crippen LogP contribution is -2.41. The Labute approximate surface area is 101 Å². The van der Waals surface area contributed by atoms with Gasteiger partial charge in [-0.15, -0.1) is 0 Å². The fourth-order valence-corrected chi connectivity index (χ4v) is 2.10. The van der Waals surface area contributed by atoms with Gasteiger partial charge < -0.3 is 9.16 Å². The predicted octanol–water partition coefficient (Wildman–Crippen LogP) is 3.35. The second-order valence-corrected chi connectivity index (χ2v) is 10.6. The van der Waals surface area contributed by atoms with Crippen molar-refractivity contribution < 1.29 is 14.0 Å². The normalized spacial score (nSPS) is 14.7. The molecule has 0 aliphatic rings. The molecule has 0 aliphatic heterocycles. The molecule has 0 aromatic carbocycles. The SMILES string of the molecule is CC(=O)O[C@H](C)CCO[Si](C)(C)C(C)(C)C. The second kappa shape index (κ2) is 5.82. The molecule has 0 radical (unpaired) electrons. The third-order valence-electron chi connectivity index (χ3n) is 3.16. The van der Waals surface area contributed by atoms with Crippen LogP contribution in [0.5, 0.6) is 0 Å². The van der Waals surface area contributed by atoms with Gasteiger partial charge in [0, 0.05) is 20.0 Å². The molecule has 0 aliphatic carbocycles. The highest BCUT2D eigenvalue weighted by atomic mass is 28.4. The van der Waals surface area contributed by atoms with Crippen molar-refractivity contribution in [2.75, 3.05) is 6.61 Å². The molecule has 3 nitrogen and oxygen atoms in total. The van der Waals surface area contributed by atoms with Crippen LogP contribution in [-0.2, 0) is 14.0 Å². The highest BCUT2D eigenvalue weighted by Gasteiger charge is 2.36. The van der Waals surface area contributed by atoms with Crippen LogP contribution in [0.1, 0.15) is 41.0 Å². The summed E-state index contributed by atoms with van der Waals surface area (Å²) in [4.78, 5) is 10.7. The standard InChI is InChI=1S/C12H26O3Si/c1-10(15-11(2)13)8-9-14-16(6,7)12(3,4)5/h10H,8-9H2,1-7H3/t10-/m1/s1. The molecule has 0 unspecified atom stereocenters. The number of hydrogen-bond donors (Lipinski definition) is 0. The van der Waals surface area contributed by atoms with Crippen molar-refractivity contribution in [3.8, 4) is 0 Å². The molecule has 4 heteroatoms. The lowest BCUT2D eigenvalue weighted by Gasteiger charge is -2.36. The van der Waals surface area contributed by atoms with E-state index in [-0.39, 0.29) is 17.1 Å². The first-order chi connectivity index (χ1) is 7.06. The van der Waals surface area contributed by atoms with Crippen LogP contribution < -0.4 is 0 Å². The van der Waals surface area contributed by atoms with Crippen LogP contribution in [0.25, 0.3) is 0 Å². The zero-order valence-electron chi connectivity index (χ0n) is 11.7. The maximum Gasteiger partial charge on any atom is 0.302 e. The molecule has 0 aromatic heterocycles. The first-order valence-electron chi connectivity index (χ1n) is 5.87. The van der Waals surface area contributed by atoms with Gasteiger partial charge in [0.2, 0.25) is 0 Å². The molecule has 0 heterocycles. The number of carbonyl (C=O) groups is 1. The summed E-state index contributed by atoms with van der Waals surface area (Å²) in [5.74, 6) is -0.222. The quantitative estimate of drug-likeness (QED) is 0.551. The molecule has 0 aromatic rings. The van der Waals surface area contributed by atoms with Gasteiger partial charge in [0.15, 0.2) is 8.32 Å². The fourth-order valence-electron chi connectivity index (χ4n) is 1.04. The number of hydrogen-bond acceptors (Lipinski definition) is 3. The summed E-state index contributed by atoms with van der Waals surface area (Å²) in [6.07, 6.45) is 0.716. The lowest BCUT2D eigenvalue weighted by atomic mass is 10.2. The second-order valence-electron chi connectivity index (χ2n) is 5.82. The zero-order valence-corrected chi connectivity index (χ0v) is 12.7. The smallest absolute Gasteiger partial charge is 0.302 e. The van der Waals surface area contributed by atoms with Crippen molar-refractivity contribution in [3.05, 3.63) is 0 Å². The van der Waals surface area contributed by atoms with E-state index >= 15 is 0 Å². The fraction of sp³-hybridized carbons (Fsp3) is 0.917. The van der Waals surface area contributed by atoms with Crippen LogP contribution in [0, 0.1) is 0 Å². The Balaban J connectivity index is 3.94. The summed E-state index contributed by atoms with van der Waals surface area (Å²) >= 11 is 0. The van der Waals surface area contributed by atoms with Gasteiger partial charge in [-0.3, -0.25) is 4.79 Å². The van der Waals surface area contributed by atoms with Gasteiger partial charge in [0.25, 0.3) is 0 Å². The van der Waals surface area contributed by atoms with Crippen LogP contribution in [0.4, 0.5) is 0 Å². The number of carbonyl (C=O) groups excluding carboxylic acids is 1. The summed E-state index contributed by atoms with van der Waals surface area (Å²) in [6, 6.07) is 0. The summed E-state index contributed by atoms with van der Waals surface area (Å²) in [7, 11) is -1.65. The summed E-state index contributed by atoms with van der Waals surface area (Å²) in [6.45, 7) is 15.1. The van der Waals surface area contributed by atoms with E-state index in [0.29, 0.717) is 6.61 Å². The van der Waals surface area contributed by atoms with Crippen molar-refractivity contribution in [1.29, 1.82) is 0 Å². The van der Waals surface area contributed by atoms with Gasteiger partial charge in [-0.25, -0.2) is 0 Å². The van der Waals surface area contributed by atoms with Gasteiger partial charge >= 0.3 is 5.97 Å². The van der Waals surface area contributed by atoms with E-state index in [1.54, 1.807) is 0 Å². The molecule has 0 saturated heterocycles. The average molecular weight is 246 g/mol. The zero-order chi connectivity index (χ0) is 13.0. The van der Waals surface area contributed by atoms with Crippen molar-refractivity contribution >= 4 is 14.3 Å². The van der Waals surface area contributed by atoms with Gasteiger partial charge in [-0.05, 0) is 25.1 Å². The van der Waals surface area contributed by atoms with Crippen molar-refractivity contribution in [2.24, 2.45) is 0 Å². The molecule has 96 valence electrons. The molecule has 0 N–H and O–H groups in total. The summed E-state index contributed by atoms with van der Waals surface area (Å²) in [5.41, 5.74) is 0. The minimum Gasteiger partial charge on any atom is -0.463 e. The Kier molecular flexibility index (Phi) is 5.69. The van der Waals surface area contributed by atoms with Gasteiger partial charge in [0.1, 0.15) is 6.10 Å². The maximum absolute atomic E-state index is 10.7. The Morgan fingerprint density at radius 1 is 1.31 bits per heavy atom. The molecule has 1 atom stereocenters.